The quantitative estimate of drug-likeness (QED) is 0.767. The Bertz CT molecular complexity index is 666. The molecule has 17 heavy (non-hydrogen) atoms. The summed E-state index contributed by atoms with van der Waals surface area (Å²) in [5.41, 5.74) is 1.13. The van der Waals surface area contributed by atoms with Crippen molar-refractivity contribution in [3.05, 3.63) is 33.4 Å². The molecule has 0 radical (unpaired) electrons. The van der Waals surface area contributed by atoms with E-state index in [4.69, 9.17) is 0 Å². The molecule has 1 aromatic heterocycles. The van der Waals surface area contributed by atoms with Gasteiger partial charge in [-0.05, 0) is 25.1 Å². The van der Waals surface area contributed by atoms with Gasteiger partial charge in [0.25, 0.3) is 0 Å². The van der Waals surface area contributed by atoms with Crippen LogP contribution in [0.4, 0.5) is 0 Å². The second kappa shape index (κ2) is 4.25. The number of rotatable bonds is 2. The van der Waals surface area contributed by atoms with E-state index >= 15 is 0 Å². The fraction of sp³-hybridized carbons (Fsp3) is 0.250. The second-order valence-corrected chi connectivity index (χ2v) is 4.68. The Labute approximate surface area is 101 Å². The van der Waals surface area contributed by atoms with Crippen molar-refractivity contribution >= 4 is 33.2 Å². The van der Waals surface area contributed by atoms with Crippen molar-refractivity contribution in [2.24, 2.45) is 0 Å². The highest BCUT2D eigenvalue weighted by atomic mass is 32.1. The van der Waals surface area contributed by atoms with E-state index in [1.54, 1.807) is 25.1 Å². The lowest BCUT2D eigenvalue weighted by molar-refractivity contribution is 0.0911. The average molecular weight is 249 g/mol. The monoisotopic (exact) mass is 249 g/mol. The van der Waals surface area contributed by atoms with Crippen LogP contribution in [0.25, 0.3) is 10.2 Å². The molecule has 0 aliphatic heterocycles. The van der Waals surface area contributed by atoms with Crippen LogP contribution in [0, 0.1) is 0 Å². The Morgan fingerprint density at radius 3 is 2.65 bits per heavy atom. The summed E-state index contributed by atoms with van der Waals surface area (Å²) in [5, 5.41) is 0. The molecule has 2 aromatic rings. The van der Waals surface area contributed by atoms with Gasteiger partial charge in [0.05, 0.1) is 10.2 Å². The molecule has 0 atom stereocenters. The number of ketones is 1. The summed E-state index contributed by atoms with van der Waals surface area (Å²) in [7, 11) is 0. The Morgan fingerprint density at radius 2 is 2.06 bits per heavy atom. The molecule has 1 heterocycles. The number of aromatic nitrogens is 1. The molecule has 0 aliphatic carbocycles. The maximum Gasteiger partial charge on any atom is 0.314 e. The second-order valence-electron chi connectivity index (χ2n) is 3.69. The van der Waals surface area contributed by atoms with Crippen LogP contribution in [-0.2, 0) is 0 Å². The molecule has 0 saturated heterocycles. The highest BCUT2D eigenvalue weighted by Gasteiger charge is 2.13. The number of nitrogens with zero attached hydrogens (tertiary/aromatic N) is 1. The Morgan fingerprint density at radius 1 is 1.35 bits per heavy atom. The SMILES string of the molecule is CCC(=O)n1c(=O)sc2cc(C(C)=O)ccc21. The van der Waals surface area contributed by atoms with Crippen LogP contribution in [0.5, 0.6) is 0 Å². The molecule has 0 aliphatic rings. The zero-order valence-corrected chi connectivity index (χ0v) is 10.3. The number of hydrogen-bond acceptors (Lipinski definition) is 4. The van der Waals surface area contributed by atoms with Crippen LogP contribution in [0.1, 0.15) is 35.4 Å². The smallest absolute Gasteiger partial charge is 0.295 e. The minimum absolute atomic E-state index is 0.0545. The van der Waals surface area contributed by atoms with Crippen molar-refractivity contribution in [2.45, 2.75) is 20.3 Å². The van der Waals surface area contributed by atoms with E-state index in [-0.39, 0.29) is 23.0 Å². The van der Waals surface area contributed by atoms with Gasteiger partial charge >= 0.3 is 4.87 Å². The first kappa shape index (κ1) is 11.7. The summed E-state index contributed by atoms with van der Waals surface area (Å²) >= 11 is 0.988. The van der Waals surface area contributed by atoms with E-state index < -0.39 is 0 Å². The van der Waals surface area contributed by atoms with Gasteiger partial charge in [-0.25, -0.2) is 4.57 Å². The van der Waals surface area contributed by atoms with Crippen LogP contribution >= 0.6 is 11.3 Å². The molecule has 1 aromatic carbocycles. The van der Waals surface area contributed by atoms with E-state index in [9.17, 15) is 14.4 Å². The topological polar surface area (TPSA) is 56.1 Å². The Hall–Kier alpha value is -1.75. The number of hydrogen-bond donors (Lipinski definition) is 0. The van der Waals surface area contributed by atoms with E-state index in [0.717, 1.165) is 11.3 Å². The van der Waals surface area contributed by atoms with Crippen molar-refractivity contribution in [1.29, 1.82) is 0 Å². The lowest BCUT2D eigenvalue weighted by Gasteiger charge is -2.00. The predicted octanol–water partition coefficient (Wildman–Crippen LogP) is 2.32. The maximum absolute atomic E-state index is 11.7. The number of Topliss-reactive ketones (excluding diaryl/α,β-unsaturated/α-hetero) is 1. The highest BCUT2D eigenvalue weighted by molar-refractivity contribution is 7.16. The van der Waals surface area contributed by atoms with Gasteiger partial charge in [-0.15, -0.1) is 0 Å². The molecule has 5 heteroatoms. The van der Waals surface area contributed by atoms with Crippen molar-refractivity contribution in [3.8, 4) is 0 Å². The van der Waals surface area contributed by atoms with Gasteiger partial charge in [0.2, 0.25) is 5.91 Å². The molecule has 0 spiro atoms. The Kier molecular flexibility index (Phi) is 2.93. The third-order valence-corrected chi connectivity index (χ3v) is 3.44. The minimum atomic E-state index is -0.299. The minimum Gasteiger partial charge on any atom is -0.295 e. The van der Waals surface area contributed by atoms with Gasteiger partial charge in [-0.3, -0.25) is 14.4 Å². The van der Waals surface area contributed by atoms with Crippen LogP contribution in [0.3, 0.4) is 0 Å². The van der Waals surface area contributed by atoms with Gasteiger partial charge in [-0.2, -0.15) is 0 Å². The molecule has 2 rings (SSSR count). The van der Waals surface area contributed by atoms with Crippen LogP contribution < -0.4 is 4.87 Å². The summed E-state index contributed by atoms with van der Waals surface area (Å²) in [6.45, 7) is 3.18. The Balaban J connectivity index is 2.73. The fourth-order valence-corrected chi connectivity index (χ4v) is 2.56. The highest BCUT2D eigenvalue weighted by Crippen LogP contribution is 2.19. The van der Waals surface area contributed by atoms with Crippen molar-refractivity contribution in [3.63, 3.8) is 0 Å². The molecule has 0 unspecified atom stereocenters. The zero-order valence-electron chi connectivity index (χ0n) is 9.52. The first-order valence-electron chi connectivity index (χ1n) is 5.24. The maximum atomic E-state index is 11.7. The molecule has 88 valence electrons. The molecule has 0 bridgehead atoms. The summed E-state index contributed by atoms with van der Waals surface area (Å²) in [6, 6.07) is 4.94. The summed E-state index contributed by atoms with van der Waals surface area (Å²) in [5.74, 6) is -0.280. The summed E-state index contributed by atoms with van der Waals surface area (Å²) in [6.07, 6.45) is 0.278. The molecule has 0 saturated carbocycles. The van der Waals surface area contributed by atoms with Crippen molar-refractivity contribution < 1.29 is 9.59 Å². The lowest BCUT2D eigenvalue weighted by Crippen LogP contribution is -2.20. The number of fused-ring (bicyclic) bond motifs is 1. The number of thiazole rings is 1. The largest absolute Gasteiger partial charge is 0.314 e. The third-order valence-electron chi connectivity index (χ3n) is 2.54. The standard InChI is InChI=1S/C12H11NO3S/c1-3-11(15)13-9-5-4-8(7(2)14)6-10(9)17-12(13)16/h4-6H,3H2,1-2H3. The number of benzene rings is 1. The summed E-state index contributed by atoms with van der Waals surface area (Å²) < 4.78 is 1.84. The first-order valence-corrected chi connectivity index (χ1v) is 6.06. The van der Waals surface area contributed by atoms with Gasteiger partial charge in [-0.1, -0.05) is 18.3 Å². The van der Waals surface area contributed by atoms with E-state index in [1.807, 2.05) is 0 Å². The van der Waals surface area contributed by atoms with E-state index in [0.29, 0.717) is 15.8 Å². The summed E-state index contributed by atoms with van der Waals surface area (Å²) in [4.78, 5) is 34.3. The van der Waals surface area contributed by atoms with Crippen LogP contribution in [0.2, 0.25) is 0 Å². The molecular weight excluding hydrogens is 238 g/mol. The van der Waals surface area contributed by atoms with Crippen molar-refractivity contribution in [2.75, 3.05) is 0 Å². The van der Waals surface area contributed by atoms with Crippen LogP contribution in [0.15, 0.2) is 23.0 Å². The third kappa shape index (κ3) is 1.93. The molecule has 0 fully saturated rings. The molecule has 4 nitrogen and oxygen atoms in total. The average Bonchev–Trinajstić information content (AvgIpc) is 2.62. The van der Waals surface area contributed by atoms with Gasteiger partial charge in [0, 0.05) is 12.0 Å². The van der Waals surface area contributed by atoms with Gasteiger partial charge < -0.3 is 0 Å². The molecule has 0 amide bonds. The zero-order chi connectivity index (χ0) is 12.6. The van der Waals surface area contributed by atoms with Gasteiger partial charge in [0.15, 0.2) is 5.78 Å². The first-order chi connectivity index (χ1) is 8.04. The number of carbonyl (C=O) groups excluding carboxylic acids is 2. The van der Waals surface area contributed by atoms with E-state index in [1.165, 1.54) is 11.5 Å². The van der Waals surface area contributed by atoms with Crippen molar-refractivity contribution in [1.82, 2.24) is 4.57 Å². The normalized spacial score (nSPS) is 10.7. The van der Waals surface area contributed by atoms with Crippen LogP contribution in [-0.4, -0.2) is 16.3 Å². The number of carbonyl (C=O) groups is 2. The lowest BCUT2D eigenvalue weighted by atomic mass is 10.1. The fourth-order valence-electron chi connectivity index (χ4n) is 1.63. The van der Waals surface area contributed by atoms with Gasteiger partial charge in [0.1, 0.15) is 0 Å². The van der Waals surface area contributed by atoms with E-state index in [2.05, 4.69) is 0 Å². The predicted molar refractivity (Wildman–Crippen MR) is 67.0 cm³/mol. The molecule has 0 N–H and O–H groups in total. The molecular formula is C12H11NO3S.